The molecule has 0 radical (unpaired) electrons. The number of hydrogen-bond donors (Lipinski definition) is 2. The molecule has 0 unspecified atom stereocenters. The molecule has 3 rings (SSSR count). The first-order chi connectivity index (χ1) is 12.2. The van der Waals surface area contributed by atoms with Crippen LogP contribution in [0.25, 0.3) is 0 Å². The van der Waals surface area contributed by atoms with E-state index in [0.29, 0.717) is 17.0 Å². The maximum atomic E-state index is 12.5. The summed E-state index contributed by atoms with van der Waals surface area (Å²) in [5.74, 6) is 0.140. The molecule has 1 aliphatic heterocycles. The molecule has 0 spiro atoms. The molecule has 5 heteroatoms. The van der Waals surface area contributed by atoms with Crippen LogP contribution in [-0.4, -0.2) is 30.7 Å². The number of amides is 1. The Morgan fingerprint density at radius 1 is 1.20 bits per heavy atom. The third-order valence-corrected chi connectivity index (χ3v) is 4.62. The van der Waals surface area contributed by atoms with Crippen LogP contribution in [0, 0.1) is 17.2 Å². The highest BCUT2D eigenvalue weighted by Gasteiger charge is 2.21. The molecule has 1 heterocycles. The first-order valence-electron chi connectivity index (χ1n) is 8.47. The summed E-state index contributed by atoms with van der Waals surface area (Å²) in [6.07, 6.45) is 1.89. The molecule has 5 nitrogen and oxygen atoms in total. The summed E-state index contributed by atoms with van der Waals surface area (Å²) in [6, 6.07) is 16.5. The molecule has 0 aromatic heterocycles. The normalized spacial score (nSPS) is 14.8. The molecule has 1 fully saturated rings. The van der Waals surface area contributed by atoms with Gasteiger partial charge in [-0.15, -0.1) is 0 Å². The summed E-state index contributed by atoms with van der Waals surface area (Å²) < 4.78 is 0. The first kappa shape index (κ1) is 17.0. The summed E-state index contributed by atoms with van der Waals surface area (Å²) >= 11 is 0. The van der Waals surface area contributed by atoms with Crippen LogP contribution in [0.5, 0.6) is 0 Å². The molecule has 0 atom stereocenters. The van der Waals surface area contributed by atoms with Gasteiger partial charge in [-0.3, -0.25) is 4.79 Å². The Hall–Kier alpha value is -2.84. The third kappa shape index (κ3) is 3.98. The van der Waals surface area contributed by atoms with Gasteiger partial charge in [0.1, 0.15) is 0 Å². The summed E-state index contributed by atoms with van der Waals surface area (Å²) in [5.41, 5.74) is 2.68. The topological polar surface area (TPSA) is 76.4 Å². The minimum Gasteiger partial charge on any atom is -0.396 e. The van der Waals surface area contributed by atoms with Crippen molar-refractivity contribution in [2.75, 3.05) is 29.9 Å². The van der Waals surface area contributed by atoms with Gasteiger partial charge in [0.25, 0.3) is 5.91 Å². The monoisotopic (exact) mass is 335 g/mol. The highest BCUT2D eigenvalue weighted by molar-refractivity contribution is 6.06. The summed E-state index contributed by atoms with van der Waals surface area (Å²) in [4.78, 5) is 14.8. The number of hydrogen-bond acceptors (Lipinski definition) is 4. The SMILES string of the molecule is N#Cc1cccc(C(=O)Nc2ccccc2N2CCC(CO)CC2)c1. The van der Waals surface area contributed by atoms with Gasteiger partial charge in [0.05, 0.1) is 23.0 Å². The van der Waals surface area contributed by atoms with Crippen LogP contribution in [0.15, 0.2) is 48.5 Å². The number of piperidine rings is 1. The number of aliphatic hydroxyl groups excluding tert-OH is 1. The smallest absolute Gasteiger partial charge is 0.255 e. The second-order valence-electron chi connectivity index (χ2n) is 6.28. The predicted molar refractivity (Wildman–Crippen MR) is 97.6 cm³/mol. The van der Waals surface area contributed by atoms with E-state index in [1.165, 1.54) is 0 Å². The number of para-hydroxylation sites is 2. The van der Waals surface area contributed by atoms with Gasteiger partial charge >= 0.3 is 0 Å². The quantitative estimate of drug-likeness (QED) is 0.900. The third-order valence-electron chi connectivity index (χ3n) is 4.62. The highest BCUT2D eigenvalue weighted by Crippen LogP contribution is 2.30. The number of carbonyl (C=O) groups excluding carboxylic acids is 1. The Balaban J connectivity index is 1.77. The van der Waals surface area contributed by atoms with Crippen molar-refractivity contribution in [2.24, 2.45) is 5.92 Å². The van der Waals surface area contributed by atoms with Gasteiger partial charge < -0.3 is 15.3 Å². The number of nitrogens with zero attached hydrogens (tertiary/aromatic N) is 2. The summed E-state index contributed by atoms with van der Waals surface area (Å²) in [6.45, 7) is 1.96. The molecular formula is C20H21N3O2. The molecule has 2 N–H and O–H groups in total. The number of nitriles is 1. The van der Waals surface area contributed by atoms with E-state index >= 15 is 0 Å². The second-order valence-corrected chi connectivity index (χ2v) is 6.28. The lowest BCUT2D eigenvalue weighted by molar-refractivity contribution is 0.102. The average Bonchev–Trinajstić information content (AvgIpc) is 2.68. The molecule has 25 heavy (non-hydrogen) atoms. The molecule has 128 valence electrons. The zero-order chi connectivity index (χ0) is 17.6. The standard InChI is InChI=1S/C20H21N3O2/c21-13-16-4-3-5-17(12-16)20(25)22-18-6-1-2-7-19(18)23-10-8-15(14-24)9-11-23/h1-7,12,15,24H,8-11,14H2,(H,22,25). The number of aliphatic hydroxyl groups is 1. The van der Waals surface area contributed by atoms with E-state index in [0.717, 1.165) is 37.3 Å². The lowest BCUT2D eigenvalue weighted by atomic mass is 9.97. The van der Waals surface area contributed by atoms with Gasteiger partial charge in [0.15, 0.2) is 0 Å². The minimum absolute atomic E-state index is 0.227. The van der Waals surface area contributed by atoms with Crippen LogP contribution < -0.4 is 10.2 Å². The Morgan fingerprint density at radius 2 is 1.96 bits per heavy atom. The van der Waals surface area contributed by atoms with Crippen LogP contribution in [0.3, 0.4) is 0 Å². The Morgan fingerprint density at radius 3 is 2.68 bits per heavy atom. The molecular weight excluding hydrogens is 314 g/mol. The molecule has 0 bridgehead atoms. The summed E-state index contributed by atoms with van der Waals surface area (Å²) in [7, 11) is 0. The van der Waals surface area contributed by atoms with Gasteiger partial charge in [-0.05, 0) is 49.1 Å². The fourth-order valence-electron chi connectivity index (χ4n) is 3.14. The van der Waals surface area contributed by atoms with Crippen LogP contribution in [0.1, 0.15) is 28.8 Å². The van der Waals surface area contributed by atoms with Gasteiger partial charge in [0.2, 0.25) is 0 Å². The maximum Gasteiger partial charge on any atom is 0.255 e. The van der Waals surface area contributed by atoms with E-state index in [9.17, 15) is 9.90 Å². The number of anilines is 2. The van der Waals surface area contributed by atoms with E-state index in [1.54, 1.807) is 24.3 Å². The molecule has 1 amide bonds. The van der Waals surface area contributed by atoms with Crippen molar-refractivity contribution >= 4 is 17.3 Å². The van der Waals surface area contributed by atoms with E-state index in [-0.39, 0.29) is 12.5 Å². The van der Waals surface area contributed by atoms with Gasteiger partial charge in [-0.25, -0.2) is 0 Å². The molecule has 0 saturated carbocycles. The van der Waals surface area contributed by atoms with Crippen molar-refractivity contribution in [1.82, 2.24) is 0 Å². The highest BCUT2D eigenvalue weighted by atomic mass is 16.3. The van der Waals surface area contributed by atoms with E-state index < -0.39 is 0 Å². The lowest BCUT2D eigenvalue weighted by Gasteiger charge is -2.34. The van der Waals surface area contributed by atoms with Crippen LogP contribution in [0.4, 0.5) is 11.4 Å². The van der Waals surface area contributed by atoms with Gasteiger partial charge in [0, 0.05) is 25.3 Å². The van der Waals surface area contributed by atoms with Crippen molar-refractivity contribution in [3.05, 3.63) is 59.7 Å². The largest absolute Gasteiger partial charge is 0.396 e. The van der Waals surface area contributed by atoms with Crippen molar-refractivity contribution in [3.8, 4) is 6.07 Å². The number of nitrogens with one attached hydrogen (secondary N) is 1. The first-order valence-corrected chi connectivity index (χ1v) is 8.47. The van der Waals surface area contributed by atoms with Gasteiger partial charge in [-0.2, -0.15) is 5.26 Å². The Kier molecular flexibility index (Phi) is 5.32. The van der Waals surface area contributed by atoms with Crippen molar-refractivity contribution < 1.29 is 9.90 Å². The zero-order valence-corrected chi connectivity index (χ0v) is 14.0. The van der Waals surface area contributed by atoms with Gasteiger partial charge in [-0.1, -0.05) is 18.2 Å². The molecule has 2 aromatic rings. The van der Waals surface area contributed by atoms with E-state index in [1.807, 2.05) is 24.3 Å². The fraction of sp³-hybridized carbons (Fsp3) is 0.300. The molecule has 1 saturated heterocycles. The van der Waals surface area contributed by atoms with Crippen molar-refractivity contribution in [3.63, 3.8) is 0 Å². The van der Waals surface area contributed by atoms with E-state index in [4.69, 9.17) is 5.26 Å². The average molecular weight is 335 g/mol. The van der Waals surface area contributed by atoms with Crippen molar-refractivity contribution in [1.29, 1.82) is 5.26 Å². The Labute approximate surface area is 147 Å². The van der Waals surface area contributed by atoms with Crippen molar-refractivity contribution in [2.45, 2.75) is 12.8 Å². The van der Waals surface area contributed by atoms with E-state index in [2.05, 4.69) is 16.3 Å². The summed E-state index contributed by atoms with van der Waals surface area (Å²) in [5, 5.41) is 21.2. The zero-order valence-electron chi connectivity index (χ0n) is 14.0. The minimum atomic E-state index is -0.227. The molecule has 2 aromatic carbocycles. The second kappa shape index (κ2) is 7.82. The fourth-order valence-corrected chi connectivity index (χ4v) is 3.14. The maximum absolute atomic E-state index is 12.5. The number of carbonyl (C=O) groups is 1. The van der Waals surface area contributed by atoms with Crippen LogP contribution in [0.2, 0.25) is 0 Å². The van der Waals surface area contributed by atoms with Crippen LogP contribution in [-0.2, 0) is 0 Å². The number of benzene rings is 2. The van der Waals surface area contributed by atoms with Crippen LogP contribution >= 0.6 is 0 Å². The molecule has 1 aliphatic rings. The predicted octanol–water partition coefficient (Wildman–Crippen LogP) is 3.02. The lowest BCUT2D eigenvalue weighted by Crippen LogP contribution is -2.35. The molecule has 0 aliphatic carbocycles. The Bertz CT molecular complexity index is 790. The number of rotatable bonds is 4.